The van der Waals surface area contributed by atoms with Crippen molar-refractivity contribution in [1.82, 2.24) is 0 Å². The Morgan fingerprint density at radius 2 is 1.89 bits per heavy atom. The fourth-order valence-corrected chi connectivity index (χ4v) is 0. The van der Waals surface area contributed by atoms with Crippen LogP contribution in [0.4, 0.5) is 0 Å². The highest BCUT2D eigenvalue weighted by molar-refractivity contribution is 5.71. The fourth-order valence-electron chi connectivity index (χ4n) is 0. The minimum atomic E-state index is -1.23. The average Bonchev–Trinajstić information content (AvgIpc) is 1.68. The van der Waals surface area contributed by atoms with E-state index in [-0.39, 0.29) is 0 Å². The van der Waals surface area contributed by atoms with E-state index in [1.54, 1.807) is 6.08 Å². The molecule has 0 fully saturated rings. The second-order valence-electron chi connectivity index (χ2n) is 1.42. The first-order valence-electron chi connectivity index (χ1n) is 2.54. The molecule has 1 unspecified atom stereocenters. The number of aliphatic hydroxyl groups is 1. The predicted molar refractivity (Wildman–Crippen MR) is 35.2 cm³/mol. The maximum absolute atomic E-state index is 9.45. The number of hydrogen-bond acceptors (Lipinski definition) is 2. The van der Waals surface area contributed by atoms with Crippen LogP contribution in [-0.4, -0.2) is 22.3 Å². The van der Waals surface area contributed by atoms with E-state index in [4.69, 9.17) is 10.2 Å². The minimum Gasteiger partial charge on any atom is -0.479 e. The van der Waals surface area contributed by atoms with Crippen molar-refractivity contribution >= 4 is 5.97 Å². The van der Waals surface area contributed by atoms with Gasteiger partial charge in [-0.2, -0.15) is 0 Å². The number of carboxylic acid groups (broad SMARTS) is 1. The molecular formula is C6H12O3. The molecule has 0 saturated heterocycles. The first kappa shape index (κ1) is 11.0. The largest absolute Gasteiger partial charge is 0.479 e. The van der Waals surface area contributed by atoms with Crippen LogP contribution in [0.25, 0.3) is 0 Å². The molecule has 0 aromatic rings. The number of hydrogen-bond donors (Lipinski definition) is 2. The van der Waals surface area contributed by atoms with Gasteiger partial charge in [0, 0.05) is 0 Å². The molecule has 9 heavy (non-hydrogen) atoms. The molecule has 0 rings (SSSR count). The van der Waals surface area contributed by atoms with E-state index < -0.39 is 12.1 Å². The Morgan fingerprint density at radius 3 is 1.89 bits per heavy atom. The molecule has 0 aliphatic rings. The Labute approximate surface area is 54.6 Å². The summed E-state index contributed by atoms with van der Waals surface area (Å²) >= 11 is 0. The van der Waals surface area contributed by atoms with Crippen molar-refractivity contribution in [3.05, 3.63) is 12.7 Å². The lowest BCUT2D eigenvalue weighted by molar-refractivity contribution is -0.145. The van der Waals surface area contributed by atoms with Gasteiger partial charge in [-0.05, 0) is 13.8 Å². The minimum absolute atomic E-state index is 1.19. The molecule has 0 saturated carbocycles. The molecule has 3 nitrogen and oxygen atoms in total. The number of rotatable bonds is 1. The highest BCUT2D eigenvalue weighted by Gasteiger charge is 2.01. The molecule has 0 aliphatic heterocycles. The summed E-state index contributed by atoms with van der Waals surface area (Å²) in [6.45, 7) is 6.45. The number of aliphatic hydroxyl groups excluding tert-OH is 1. The third kappa shape index (κ3) is 19.1. The maximum atomic E-state index is 9.45. The van der Waals surface area contributed by atoms with Crippen molar-refractivity contribution in [3.8, 4) is 0 Å². The summed E-state index contributed by atoms with van der Waals surface area (Å²) in [7, 11) is 0. The van der Waals surface area contributed by atoms with Crippen LogP contribution in [0.15, 0.2) is 12.7 Å². The third-order valence-corrected chi connectivity index (χ3v) is 0.357. The van der Waals surface area contributed by atoms with Gasteiger partial charge in [0.1, 0.15) is 6.10 Å². The summed E-state index contributed by atoms with van der Waals surface area (Å²) in [5.74, 6) is -1.19. The third-order valence-electron chi connectivity index (χ3n) is 0.357. The van der Waals surface area contributed by atoms with Gasteiger partial charge in [-0.25, -0.2) is 4.79 Å². The summed E-state index contributed by atoms with van der Waals surface area (Å²) in [6.07, 6.45) is 0.519. The lowest BCUT2D eigenvalue weighted by atomic mass is 10.4. The maximum Gasteiger partial charge on any atom is 0.332 e. The van der Waals surface area contributed by atoms with Crippen LogP contribution < -0.4 is 0 Å². The lowest BCUT2D eigenvalue weighted by Gasteiger charge is -1.89. The molecule has 0 radical (unpaired) electrons. The molecule has 0 spiro atoms. The van der Waals surface area contributed by atoms with Gasteiger partial charge >= 0.3 is 5.97 Å². The van der Waals surface area contributed by atoms with Crippen LogP contribution in [0.1, 0.15) is 13.8 Å². The normalized spacial score (nSPS) is 10.6. The zero-order valence-corrected chi connectivity index (χ0v) is 5.66. The van der Waals surface area contributed by atoms with Crippen LogP contribution in [0.3, 0.4) is 0 Å². The van der Waals surface area contributed by atoms with Crippen molar-refractivity contribution in [2.75, 3.05) is 0 Å². The van der Waals surface area contributed by atoms with Crippen LogP contribution in [-0.2, 0) is 4.79 Å². The van der Waals surface area contributed by atoms with E-state index in [0.29, 0.717) is 0 Å². The summed E-state index contributed by atoms with van der Waals surface area (Å²) in [4.78, 5) is 9.45. The van der Waals surface area contributed by atoms with Gasteiger partial charge in [0.25, 0.3) is 0 Å². The van der Waals surface area contributed by atoms with Gasteiger partial charge in [-0.1, -0.05) is 6.08 Å². The van der Waals surface area contributed by atoms with E-state index >= 15 is 0 Å². The number of carboxylic acids is 1. The number of carbonyl (C=O) groups is 1. The van der Waals surface area contributed by atoms with Crippen molar-refractivity contribution < 1.29 is 15.0 Å². The lowest BCUT2D eigenvalue weighted by Crippen LogP contribution is -2.13. The SMILES string of the molecule is C=CC.CC(O)C(=O)O. The summed E-state index contributed by atoms with van der Waals surface area (Å²) in [5, 5.41) is 15.8. The summed E-state index contributed by atoms with van der Waals surface area (Å²) < 4.78 is 0. The Bertz CT molecular complexity index is 86.3. The number of allylic oxidation sites excluding steroid dienone is 1. The molecule has 0 aromatic heterocycles. The highest BCUT2D eigenvalue weighted by atomic mass is 16.4. The summed E-state index contributed by atoms with van der Waals surface area (Å²) in [6, 6.07) is 0. The Kier molecular flexibility index (Phi) is 8.79. The van der Waals surface area contributed by atoms with Gasteiger partial charge in [0.15, 0.2) is 0 Å². The second-order valence-corrected chi connectivity index (χ2v) is 1.42. The predicted octanol–water partition coefficient (Wildman–Crippen LogP) is 0.644. The van der Waals surface area contributed by atoms with Gasteiger partial charge in [0.05, 0.1) is 0 Å². The molecule has 0 amide bonds. The van der Waals surface area contributed by atoms with Crippen LogP contribution >= 0.6 is 0 Å². The van der Waals surface area contributed by atoms with Gasteiger partial charge in [0.2, 0.25) is 0 Å². The molecule has 2 N–H and O–H groups in total. The standard InChI is InChI=1S/C3H6O3.C3H6/c1-2(4)3(5)6;1-3-2/h2,4H,1H3,(H,5,6);3H,1H2,2H3. The van der Waals surface area contributed by atoms with Crippen molar-refractivity contribution in [2.45, 2.75) is 20.0 Å². The molecular weight excluding hydrogens is 120 g/mol. The summed E-state index contributed by atoms with van der Waals surface area (Å²) in [5.41, 5.74) is 0. The van der Waals surface area contributed by atoms with Crippen LogP contribution in [0, 0.1) is 0 Å². The van der Waals surface area contributed by atoms with Gasteiger partial charge in [-0.3, -0.25) is 0 Å². The topological polar surface area (TPSA) is 57.5 Å². The molecule has 54 valence electrons. The highest BCUT2D eigenvalue weighted by Crippen LogP contribution is 1.73. The smallest absolute Gasteiger partial charge is 0.332 e. The van der Waals surface area contributed by atoms with E-state index in [1.165, 1.54) is 6.92 Å². The van der Waals surface area contributed by atoms with Gasteiger partial charge < -0.3 is 10.2 Å². The van der Waals surface area contributed by atoms with Crippen LogP contribution in [0.2, 0.25) is 0 Å². The second kappa shape index (κ2) is 7.17. The first-order chi connectivity index (χ1) is 4.06. The van der Waals surface area contributed by atoms with E-state index in [9.17, 15) is 4.79 Å². The quantitative estimate of drug-likeness (QED) is 0.515. The van der Waals surface area contributed by atoms with Gasteiger partial charge in [-0.15, -0.1) is 6.58 Å². The zero-order chi connectivity index (χ0) is 7.86. The molecule has 0 heterocycles. The van der Waals surface area contributed by atoms with E-state index in [0.717, 1.165) is 0 Å². The Morgan fingerprint density at radius 1 is 1.78 bits per heavy atom. The van der Waals surface area contributed by atoms with Crippen molar-refractivity contribution in [3.63, 3.8) is 0 Å². The monoisotopic (exact) mass is 132 g/mol. The van der Waals surface area contributed by atoms with Crippen molar-refractivity contribution in [1.29, 1.82) is 0 Å². The van der Waals surface area contributed by atoms with E-state index in [1.807, 2.05) is 6.92 Å². The first-order valence-corrected chi connectivity index (χ1v) is 2.54. The Balaban J connectivity index is 0. The Hall–Kier alpha value is -0.830. The molecule has 0 aromatic carbocycles. The number of aliphatic carboxylic acids is 1. The molecule has 0 aliphatic carbocycles. The molecule has 0 bridgehead atoms. The molecule has 3 heteroatoms. The zero-order valence-electron chi connectivity index (χ0n) is 5.66. The fraction of sp³-hybridized carbons (Fsp3) is 0.500. The molecule has 1 atom stereocenters. The van der Waals surface area contributed by atoms with Crippen LogP contribution in [0.5, 0.6) is 0 Å². The van der Waals surface area contributed by atoms with Crippen molar-refractivity contribution in [2.24, 2.45) is 0 Å². The van der Waals surface area contributed by atoms with E-state index in [2.05, 4.69) is 6.58 Å². The average molecular weight is 132 g/mol.